The Balaban J connectivity index is 1.71. The van der Waals surface area contributed by atoms with Crippen molar-refractivity contribution < 1.29 is 19.1 Å². The fourth-order valence-electron chi connectivity index (χ4n) is 3.82. The van der Waals surface area contributed by atoms with Gasteiger partial charge >= 0.3 is 5.97 Å². The van der Waals surface area contributed by atoms with E-state index in [0.29, 0.717) is 33.5 Å². The number of nitrogens with one attached hydrogen (secondary N) is 1. The van der Waals surface area contributed by atoms with E-state index in [2.05, 4.69) is 20.2 Å². The van der Waals surface area contributed by atoms with Crippen LogP contribution in [0.4, 0.5) is 0 Å². The number of H-pyrrole nitrogens is 1. The minimum atomic E-state index is -0.510. The van der Waals surface area contributed by atoms with Crippen molar-refractivity contribution in [3.63, 3.8) is 0 Å². The average Bonchev–Trinajstić information content (AvgIpc) is 3.43. The number of hydrogen-bond acceptors (Lipinski definition) is 8. The molecule has 0 saturated carbocycles. The topological polar surface area (TPSA) is 112 Å². The summed E-state index contributed by atoms with van der Waals surface area (Å²) >= 11 is 1.29. The number of methoxy groups -OCH3 is 2. The highest BCUT2D eigenvalue weighted by Crippen LogP contribution is 2.32. The number of pyridine rings is 1. The quantitative estimate of drug-likeness (QED) is 0.219. The SMILES string of the molecule is COC(=O)c1c(C)[nH]c(C(=O)C(C)Sc2nnc(-c3ccncc3)n2-c2ccc(OC)cc2)c1C. The Morgan fingerprint density at radius 3 is 2.34 bits per heavy atom. The molecule has 180 valence electrons. The summed E-state index contributed by atoms with van der Waals surface area (Å²) in [6, 6.07) is 11.2. The third kappa shape index (κ3) is 4.69. The van der Waals surface area contributed by atoms with Gasteiger partial charge < -0.3 is 14.5 Å². The number of aromatic nitrogens is 5. The molecule has 1 aromatic carbocycles. The van der Waals surface area contributed by atoms with Crippen LogP contribution in [0.1, 0.15) is 39.0 Å². The fourth-order valence-corrected chi connectivity index (χ4v) is 4.74. The number of esters is 1. The number of rotatable bonds is 8. The van der Waals surface area contributed by atoms with Crippen LogP contribution in [-0.4, -0.2) is 56.0 Å². The third-order valence-corrected chi connectivity index (χ3v) is 6.67. The summed E-state index contributed by atoms with van der Waals surface area (Å²) in [5.74, 6) is 0.723. The van der Waals surface area contributed by atoms with E-state index in [1.165, 1.54) is 18.9 Å². The zero-order chi connectivity index (χ0) is 25.1. The number of aryl methyl sites for hydroxylation is 1. The van der Waals surface area contributed by atoms with Gasteiger partial charge in [0.15, 0.2) is 16.8 Å². The molecule has 0 saturated heterocycles. The van der Waals surface area contributed by atoms with Crippen LogP contribution in [0.3, 0.4) is 0 Å². The van der Waals surface area contributed by atoms with E-state index in [1.54, 1.807) is 40.3 Å². The first-order chi connectivity index (χ1) is 16.8. The van der Waals surface area contributed by atoms with Gasteiger partial charge in [0.25, 0.3) is 0 Å². The maximum atomic E-state index is 13.4. The Morgan fingerprint density at radius 2 is 1.71 bits per heavy atom. The minimum Gasteiger partial charge on any atom is -0.497 e. The van der Waals surface area contributed by atoms with Gasteiger partial charge in [-0.3, -0.25) is 14.3 Å². The van der Waals surface area contributed by atoms with Gasteiger partial charge in [0.1, 0.15) is 5.75 Å². The number of carbonyl (C=O) groups excluding carboxylic acids is 2. The molecule has 0 aliphatic rings. The molecular weight excluding hydrogens is 466 g/mol. The molecule has 1 unspecified atom stereocenters. The standard InChI is InChI=1S/C25H25N5O4S/c1-14-20(24(32)34-5)15(2)27-21(14)22(31)16(3)35-25-29-28-23(17-10-12-26-13-11-17)30(25)18-6-8-19(33-4)9-7-18/h6-13,16,27H,1-5H3. The number of ketones is 1. The Kier molecular flexibility index (Phi) is 7.02. The molecule has 0 spiro atoms. The zero-order valence-electron chi connectivity index (χ0n) is 20.0. The van der Waals surface area contributed by atoms with E-state index < -0.39 is 11.2 Å². The van der Waals surface area contributed by atoms with Crippen molar-refractivity contribution in [2.45, 2.75) is 31.2 Å². The number of benzene rings is 1. The predicted molar refractivity (Wildman–Crippen MR) is 132 cm³/mol. The Hall–Kier alpha value is -3.92. The van der Waals surface area contributed by atoms with Crippen molar-refractivity contribution in [3.05, 3.63) is 71.3 Å². The van der Waals surface area contributed by atoms with Crippen LogP contribution in [0.15, 0.2) is 53.9 Å². The number of aromatic amines is 1. The number of nitrogens with zero attached hydrogens (tertiary/aromatic N) is 4. The molecule has 0 fully saturated rings. The van der Waals surface area contributed by atoms with Gasteiger partial charge in [-0.1, -0.05) is 11.8 Å². The van der Waals surface area contributed by atoms with Gasteiger partial charge in [-0.15, -0.1) is 10.2 Å². The lowest BCUT2D eigenvalue weighted by Crippen LogP contribution is -2.16. The first-order valence-corrected chi connectivity index (χ1v) is 11.7. The van der Waals surface area contributed by atoms with Crippen LogP contribution in [-0.2, 0) is 4.74 Å². The summed E-state index contributed by atoms with van der Waals surface area (Å²) in [6.45, 7) is 5.29. The number of carbonyl (C=O) groups is 2. The highest BCUT2D eigenvalue weighted by atomic mass is 32.2. The molecule has 1 N–H and O–H groups in total. The van der Waals surface area contributed by atoms with E-state index in [-0.39, 0.29) is 5.78 Å². The molecule has 3 aromatic heterocycles. The predicted octanol–water partition coefficient (Wildman–Crippen LogP) is 4.43. The smallest absolute Gasteiger partial charge is 0.339 e. The molecule has 4 rings (SSSR count). The highest BCUT2D eigenvalue weighted by molar-refractivity contribution is 8.00. The molecule has 0 radical (unpaired) electrons. The van der Waals surface area contributed by atoms with Crippen molar-refractivity contribution in [3.8, 4) is 22.8 Å². The number of ether oxygens (including phenoxy) is 2. The monoisotopic (exact) mass is 491 g/mol. The third-order valence-electron chi connectivity index (χ3n) is 5.63. The lowest BCUT2D eigenvalue weighted by molar-refractivity contribution is 0.0599. The largest absolute Gasteiger partial charge is 0.497 e. The maximum Gasteiger partial charge on any atom is 0.339 e. The molecule has 0 amide bonds. The zero-order valence-corrected chi connectivity index (χ0v) is 20.8. The Labute approximate surface area is 206 Å². The normalized spacial score (nSPS) is 11.8. The second-order valence-corrected chi connectivity index (χ2v) is 9.12. The molecule has 1 atom stereocenters. The van der Waals surface area contributed by atoms with Gasteiger partial charge in [0.05, 0.1) is 30.7 Å². The van der Waals surface area contributed by atoms with Crippen molar-refractivity contribution in [2.24, 2.45) is 0 Å². The highest BCUT2D eigenvalue weighted by Gasteiger charge is 2.28. The van der Waals surface area contributed by atoms with E-state index in [4.69, 9.17) is 9.47 Å². The van der Waals surface area contributed by atoms with Crippen LogP contribution in [0, 0.1) is 13.8 Å². The Morgan fingerprint density at radius 1 is 1.03 bits per heavy atom. The Bertz CT molecular complexity index is 1360. The van der Waals surface area contributed by atoms with Gasteiger partial charge in [-0.25, -0.2) is 4.79 Å². The van der Waals surface area contributed by atoms with Crippen LogP contribution in [0.25, 0.3) is 17.1 Å². The van der Waals surface area contributed by atoms with Gasteiger partial charge in [-0.05, 0) is 62.7 Å². The first-order valence-electron chi connectivity index (χ1n) is 10.8. The fraction of sp³-hybridized carbons (Fsp3) is 0.240. The van der Waals surface area contributed by atoms with Gasteiger partial charge in [-0.2, -0.15) is 0 Å². The molecule has 0 aliphatic carbocycles. The first kappa shape index (κ1) is 24.2. The minimum absolute atomic E-state index is 0.152. The molecule has 0 aliphatic heterocycles. The summed E-state index contributed by atoms with van der Waals surface area (Å²) < 4.78 is 12.1. The summed E-state index contributed by atoms with van der Waals surface area (Å²) in [4.78, 5) is 32.7. The van der Waals surface area contributed by atoms with E-state index in [1.807, 2.05) is 41.0 Å². The van der Waals surface area contributed by atoms with E-state index in [0.717, 1.165) is 17.0 Å². The van der Waals surface area contributed by atoms with Crippen molar-refractivity contribution in [1.29, 1.82) is 0 Å². The second kappa shape index (κ2) is 10.1. The van der Waals surface area contributed by atoms with Crippen LogP contribution >= 0.6 is 11.8 Å². The summed E-state index contributed by atoms with van der Waals surface area (Å²) in [7, 11) is 2.93. The van der Waals surface area contributed by atoms with E-state index >= 15 is 0 Å². The van der Waals surface area contributed by atoms with Crippen molar-refractivity contribution in [1.82, 2.24) is 24.7 Å². The maximum absolute atomic E-state index is 13.4. The number of thioether (sulfide) groups is 1. The van der Waals surface area contributed by atoms with E-state index in [9.17, 15) is 9.59 Å². The van der Waals surface area contributed by atoms with Crippen LogP contribution in [0.5, 0.6) is 5.75 Å². The second-order valence-electron chi connectivity index (χ2n) is 7.82. The average molecular weight is 492 g/mol. The summed E-state index contributed by atoms with van der Waals surface area (Å²) in [5, 5.41) is 8.86. The molecule has 0 bridgehead atoms. The lowest BCUT2D eigenvalue weighted by Gasteiger charge is -2.13. The molecule has 9 nitrogen and oxygen atoms in total. The van der Waals surface area contributed by atoms with Gasteiger partial charge in [0, 0.05) is 29.3 Å². The molecule has 4 aromatic rings. The van der Waals surface area contributed by atoms with Crippen LogP contribution in [0.2, 0.25) is 0 Å². The number of hydrogen-bond donors (Lipinski definition) is 1. The molecule has 3 heterocycles. The summed E-state index contributed by atoms with van der Waals surface area (Å²) in [6.07, 6.45) is 3.38. The number of Topliss-reactive ketones (excluding diaryl/α,β-unsaturated/α-hetero) is 1. The summed E-state index contributed by atoms with van der Waals surface area (Å²) in [5.41, 5.74) is 3.59. The lowest BCUT2D eigenvalue weighted by atomic mass is 10.1. The van der Waals surface area contributed by atoms with Crippen molar-refractivity contribution in [2.75, 3.05) is 14.2 Å². The van der Waals surface area contributed by atoms with Crippen molar-refractivity contribution >= 4 is 23.5 Å². The molecule has 10 heteroatoms. The molecular formula is C25H25N5O4S. The molecule has 35 heavy (non-hydrogen) atoms. The van der Waals surface area contributed by atoms with Crippen LogP contribution < -0.4 is 4.74 Å². The van der Waals surface area contributed by atoms with Gasteiger partial charge in [0.2, 0.25) is 0 Å².